The van der Waals surface area contributed by atoms with Gasteiger partial charge in [0, 0.05) is 4.88 Å². The zero-order valence-corrected chi connectivity index (χ0v) is 10.0. The summed E-state index contributed by atoms with van der Waals surface area (Å²) in [5, 5.41) is 5.42. The molecule has 0 aliphatic carbocycles. The van der Waals surface area contributed by atoms with Crippen LogP contribution in [0.1, 0.15) is 27.8 Å². The molecule has 0 amide bonds. The third-order valence-electron chi connectivity index (χ3n) is 2.66. The van der Waals surface area contributed by atoms with Crippen molar-refractivity contribution in [2.45, 2.75) is 19.9 Å². The van der Waals surface area contributed by atoms with E-state index >= 15 is 0 Å². The molecule has 2 rings (SSSR count). The molecule has 0 saturated carbocycles. The number of thiophene rings is 1. The molecule has 15 heavy (non-hydrogen) atoms. The van der Waals surface area contributed by atoms with Gasteiger partial charge in [-0.05, 0) is 49.5 Å². The quantitative estimate of drug-likeness (QED) is 0.860. The molecule has 0 aliphatic rings. The topological polar surface area (TPSA) is 25.2 Å². The van der Waals surface area contributed by atoms with Gasteiger partial charge in [0.15, 0.2) is 0 Å². The molecular weight excluding hydrogens is 206 g/mol. The van der Waals surface area contributed by atoms with Crippen LogP contribution in [0.2, 0.25) is 0 Å². The summed E-state index contributed by atoms with van der Waals surface area (Å²) in [5.74, 6) is 1.01. The van der Waals surface area contributed by atoms with Gasteiger partial charge in [0.1, 0.15) is 5.76 Å². The Kier molecular flexibility index (Phi) is 2.93. The highest BCUT2D eigenvalue weighted by molar-refractivity contribution is 7.10. The van der Waals surface area contributed by atoms with Crippen molar-refractivity contribution in [2.75, 3.05) is 7.05 Å². The molecule has 2 heterocycles. The summed E-state index contributed by atoms with van der Waals surface area (Å²) in [7, 11) is 1.96. The molecule has 0 radical (unpaired) electrons. The standard InChI is InChI=1S/C12H15NOS/c1-8-4-6-14-12(8)11(13-3)10-5-7-15-9(10)2/h4-7,11,13H,1-3H3. The van der Waals surface area contributed by atoms with Crippen LogP contribution in [0.25, 0.3) is 0 Å². The molecule has 0 fully saturated rings. The van der Waals surface area contributed by atoms with Crippen LogP contribution in [0.15, 0.2) is 28.2 Å². The van der Waals surface area contributed by atoms with Crippen LogP contribution in [0.3, 0.4) is 0 Å². The van der Waals surface area contributed by atoms with Gasteiger partial charge in [-0.25, -0.2) is 0 Å². The van der Waals surface area contributed by atoms with Gasteiger partial charge in [0.25, 0.3) is 0 Å². The first-order chi connectivity index (χ1) is 7.24. The van der Waals surface area contributed by atoms with Gasteiger partial charge >= 0.3 is 0 Å². The maximum atomic E-state index is 5.54. The van der Waals surface area contributed by atoms with E-state index in [0.29, 0.717) is 0 Å². The summed E-state index contributed by atoms with van der Waals surface area (Å²) in [5.41, 5.74) is 2.50. The van der Waals surface area contributed by atoms with Crippen molar-refractivity contribution in [3.05, 3.63) is 45.5 Å². The molecule has 0 bridgehead atoms. The molecule has 0 saturated heterocycles. The Hall–Kier alpha value is -1.06. The van der Waals surface area contributed by atoms with Crippen molar-refractivity contribution in [3.63, 3.8) is 0 Å². The highest BCUT2D eigenvalue weighted by Crippen LogP contribution is 2.29. The highest BCUT2D eigenvalue weighted by Gasteiger charge is 2.19. The predicted molar refractivity (Wildman–Crippen MR) is 63.4 cm³/mol. The Morgan fingerprint density at radius 1 is 1.33 bits per heavy atom. The van der Waals surface area contributed by atoms with Gasteiger partial charge in [-0.3, -0.25) is 0 Å². The summed E-state index contributed by atoms with van der Waals surface area (Å²) in [4.78, 5) is 1.34. The monoisotopic (exact) mass is 221 g/mol. The lowest BCUT2D eigenvalue weighted by Gasteiger charge is -2.14. The Bertz CT molecular complexity index is 404. The molecule has 1 N–H and O–H groups in total. The van der Waals surface area contributed by atoms with Crippen molar-refractivity contribution in [1.29, 1.82) is 0 Å². The van der Waals surface area contributed by atoms with E-state index < -0.39 is 0 Å². The molecule has 0 spiro atoms. The SMILES string of the molecule is CNC(c1ccsc1C)c1occc1C. The van der Waals surface area contributed by atoms with Crippen molar-refractivity contribution < 1.29 is 4.42 Å². The first-order valence-electron chi connectivity index (χ1n) is 4.99. The lowest BCUT2D eigenvalue weighted by atomic mass is 10.0. The smallest absolute Gasteiger partial charge is 0.128 e. The average Bonchev–Trinajstić information content (AvgIpc) is 2.80. The van der Waals surface area contributed by atoms with Crippen molar-refractivity contribution in [1.82, 2.24) is 5.32 Å². The molecular formula is C12H15NOS. The van der Waals surface area contributed by atoms with E-state index in [1.54, 1.807) is 17.6 Å². The highest BCUT2D eigenvalue weighted by atomic mass is 32.1. The molecule has 0 aliphatic heterocycles. The normalized spacial score (nSPS) is 13.0. The number of hydrogen-bond acceptors (Lipinski definition) is 3. The second-order valence-electron chi connectivity index (χ2n) is 3.62. The Labute approximate surface area is 93.9 Å². The summed E-state index contributed by atoms with van der Waals surface area (Å²) in [6.45, 7) is 4.22. The minimum atomic E-state index is 0.172. The molecule has 2 aromatic heterocycles. The lowest BCUT2D eigenvalue weighted by molar-refractivity contribution is 0.460. The fraction of sp³-hybridized carbons (Fsp3) is 0.333. The Morgan fingerprint density at radius 2 is 2.13 bits per heavy atom. The van der Waals surface area contributed by atoms with Gasteiger partial charge in [0.2, 0.25) is 0 Å². The largest absolute Gasteiger partial charge is 0.467 e. The van der Waals surface area contributed by atoms with E-state index in [0.717, 1.165) is 5.76 Å². The van der Waals surface area contributed by atoms with Crippen LogP contribution in [-0.2, 0) is 0 Å². The number of furan rings is 1. The maximum Gasteiger partial charge on any atom is 0.128 e. The summed E-state index contributed by atoms with van der Waals surface area (Å²) in [6.07, 6.45) is 1.75. The predicted octanol–water partition coefficient (Wildman–Crippen LogP) is 3.27. The first-order valence-corrected chi connectivity index (χ1v) is 5.87. The van der Waals surface area contributed by atoms with Gasteiger partial charge in [-0.1, -0.05) is 0 Å². The van der Waals surface area contributed by atoms with Crippen LogP contribution in [0.4, 0.5) is 0 Å². The number of nitrogens with one attached hydrogen (secondary N) is 1. The molecule has 1 unspecified atom stereocenters. The molecule has 2 nitrogen and oxygen atoms in total. The van der Waals surface area contributed by atoms with Gasteiger partial charge in [-0.2, -0.15) is 0 Å². The Balaban J connectivity index is 2.41. The zero-order valence-electron chi connectivity index (χ0n) is 9.20. The summed E-state index contributed by atoms with van der Waals surface area (Å²) in [6, 6.07) is 4.33. The van der Waals surface area contributed by atoms with Crippen LogP contribution in [0, 0.1) is 13.8 Å². The number of hydrogen-bond donors (Lipinski definition) is 1. The minimum Gasteiger partial charge on any atom is -0.467 e. The molecule has 80 valence electrons. The van der Waals surface area contributed by atoms with E-state index in [2.05, 4.69) is 30.6 Å². The third-order valence-corrected chi connectivity index (χ3v) is 3.52. The maximum absolute atomic E-state index is 5.54. The van der Waals surface area contributed by atoms with Crippen LogP contribution >= 0.6 is 11.3 Å². The van der Waals surface area contributed by atoms with E-state index in [-0.39, 0.29) is 6.04 Å². The van der Waals surface area contributed by atoms with Crippen LogP contribution in [0.5, 0.6) is 0 Å². The number of aryl methyl sites for hydroxylation is 2. The van der Waals surface area contributed by atoms with Crippen molar-refractivity contribution in [3.8, 4) is 0 Å². The van der Waals surface area contributed by atoms with Crippen LogP contribution in [-0.4, -0.2) is 7.05 Å². The fourth-order valence-electron chi connectivity index (χ4n) is 1.80. The molecule has 3 heteroatoms. The van der Waals surface area contributed by atoms with Gasteiger partial charge < -0.3 is 9.73 Å². The lowest BCUT2D eigenvalue weighted by Crippen LogP contribution is -2.17. The van der Waals surface area contributed by atoms with Crippen LogP contribution < -0.4 is 5.32 Å². The molecule has 1 atom stereocenters. The van der Waals surface area contributed by atoms with Gasteiger partial charge in [0.05, 0.1) is 12.3 Å². The van der Waals surface area contributed by atoms with E-state index in [9.17, 15) is 0 Å². The van der Waals surface area contributed by atoms with E-state index in [1.807, 2.05) is 13.1 Å². The fourth-order valence-corrected chi connectivity index (χ4v) is 2.54. The second-order valence-corrected chi connectivity index (χ2v) is 4.74. The molecule has 0 aromatic carbocycles. The third kappa shape index (κ3) is 1.85. The van der Waals surface area contributed by atoms with Crippen molar-refractivity contribution in [2.24, 2.45) is 0 Å². The first kappa shape index (κ1) is 10.5. The molecule has 2 aromatic rings. The summed E-state index contributed by atoms with van der Waals surface area (Å²) >= 11 is 1.77. The Morgan fingerprint density at radius 3 is 2.60 bits per heavy atom. The van der Waals surface area contributed by atoms with Gasteiger partial charge in [-0.15, -0.1) is 11.3 Å². The second kappa shape index (κ2) is 4.21. The zero-order chi connectivity index (χ0) is 10.8. The number of rotatable bonds is 3. The van der Waals surface area contributed by atoms with Crippen molar-refractivity contribution >= 4 is 11.3 Å². The minimum absolute atomic E-state index is 0.172. The average molecular weight is 221 g/mol. The van der Waals surface area contributed by atoms with E-state index in [1.165, 1.54) is 16.0 Å². The van der Waals surface area contributed by atoms with E-state index in [4.69, 9.17) is 4.42 Å². The summed E-state index contributed by atoms with van der Waals surface area (Å²) < 4.78 is 5.54.